The van der Waals surface area contributed by atoms with E-state index in [1.54, 1.807) is 66.7 Å². The molecule has 3 aromatic carbocycles. The van der Waals surface area contributed by atoms with Crippen LogP contribution in [0.4, 0.5) is 0 Å². The number of carbonyl (C=O) groups is 3. The molecule has 1 aliphatic rings. The zero-order valence-corrected chi connectivity index (χ0v) is 26.4. The third-order valence-corrected chi connectivity index (χ3v) is 5.57. The van der Waals surface area contributed by atoms with Crippen LogP contribution in [0.25, 0.3) is 0 Å². The molecule has 8 nitrogen and oxygen atoms in total. The molecule has 3 aromatic rings. The van der Waals surface area contributed by atoms with Crippen LogP contribution in [0, 0.1) is 38.0 Å². The quantitative estimate of drug-likeness (QED) is 0.221. The topological polar surface area (TPSA) is 134 Å². The minimum atomic E-state index is -0.875. The molecule has 0 aromatic heterocycles. The van der Waals surface area contributed by atoms with E-state index in [1.807, 2.05) is 32.9 Å². The van der Waals surface area contributed by atoms with Crippen LogP contribution in [-0.2, 0) is 9.47 Å². The summed E-state index contributed by atoms with van der Waals surface area (Å²) in [6, 6.07) is 22.6. The number of hydrogen-bond acceptors (Lipinski definition) is 6. The number of ether oxygens (including phenoxy) is 2. The van der Waals surface area contributed by atoms with E-state index in [9.17, 15) is 14.4 Å². The minimum absolute atomic E-state index is 0.0689. The molecule has 8 heteroatoms. The van der Waals surface area contributed by atoms with Gasteiger partial charge in [-0.15, -0.1) is 26.3 Å². The van der Waals surface area contributed by atoms with Crippen LogP contribution in [0.15, 0.2) is 99.1 Å². The number of carbonyl (C=O) groups excluding carboxylic acids is 1. The molecule has 1 heterocycles. The second-order valence-electron chi connectivity index (χ2n) is 9.33. The SMILES string of the molecule is C=C.C=C.CC#N.Cc1ccc(C(=O)O)cc1.Cc1ccc(C(=O)O)cc1.Cc1ccc(C(=O)OCC2C[C@H](C)CO2)cc1. The summed E-state index contributed by atoms with van der Waals surface area (Å²) >= 11 is 0. The maximum Gasteiger partial charge on any atom is 0.338 e. The fourth-order valence-electron chi connectivity index (χ4n) is 3.34. The average Bonchev–Trinajstić information content (AvgIpc) is 3.44. The molecule has 1 aliphatic heterocycles. The van der Waals surface area contributed by atoms with Crippen molar-refractivity contribution in [2.45, 2.75) is 47.1 Å². The number of nitrogens with zero attached hydrogens (tertiary/aromatic N) is 1. The van der Waals surface area contributed by atoms with Gasteiger partial charge < -0.3 is 19.7 Å². The Bertz CT molecular complexity index is 1220. The van der Waals surface area contributed by atoms with Crippen molar-refractivity contribution >= 4 is 17.9 Å². The van der Waals surface area contributed by atoms with Gasteiger partial charge in [-0.3, -0.25) is 0 Å². The number of aromatic carboxylic acids is 2. The molecule has 0 bridgehead atoms. The smallest absolute Gasteiger partial charge is 0.338 e. The molecule has 2 atom stereocenters. The van der Waals surface area contributed by atoms with Crippen LogP contribution < -0.4 is 0 Å². The Morgan fingerprint density at radius 3 is 1.36 bits per heavy atom. The lowest BCUT2D eigenvalue weighted by Gasteiger charge is -2.10. The Balaban J connectivity index is 0. The predicted molar refractivity (Wildman–Crippen MR) is 175 cm³/mol. The summed E-state index contributed by atoms with van der Waals surface area (Å²) in [5, 5.41) is 24.3. The van der Waals surface area contributed by atoms with Crippen LogP contribution in [0.1, 0.15) is 68.0 Å². The monoisotopic (exact) mass is 603 g/mol. The molecule has 1 saturated heterocycles. The highest BCUT2D eigenvalue weighted by Gasteiger charge is 2.23. The number of carboxylic acids is 2. The molecule has 0 saturated carbocycles. The standard InChI is InChI=1S/C14H18O3.2C8H8O2.C2H3N.2C2H4/c1-10-3-5-12(6-4-10)14(15)17-9-13-7-11(2)8-16-13;2*1-6-2-4-7(5-3-6)8(9)10;1-2-3;2*1-2/h3-6,11,13H,7-9H2,1-2H3;2*2-5H,1H3,(H,9,10);1H3;2*1-2H2/t11-,13?;;;;;/m0...../s1. The van der Waals surface area contributed by atoms with E-state index in [1.165, 1.54) is 6.92 Å². The molecule has 1 fully saturated rings. The molecule has 0 aliphatic carbocycles. The maximum atomic E-state index is 11.7. The largest absolute Gasteiger partial charge is 0.478 e. The Morgan fingerprint density at radius 2 is 1.09 bits per heavy atom. The third kappa shape index (κ3) is 18.4. The van der Waals surface area contributed by atoms with E-state index in [0.29, 0.717) is 29.2 Å². The number of rotatable bonds is 5. The normalized spacial score (nSPS) is 13.7. The summed E-state index contributed by atoms with van der Waals surface area (Å²) < 4.78 is 10.7. The molecule has 2 N–H and O–H groups in total. The van der Waals surface area contributed by atoms with Crippen molar-refractivity contribution in [2.75, 3.05) is 13.2 Å². The second-order valence-corrected chi connectivity index (χ2v) is 9.33. The summed E-state index contributed by atoms with van der Waals surface area (Å²) in [4.78, 5) is 32.3. The molecule has 1 unspecified atom stereocenters. The van der Waals surface area contributed by atoms with Crippen molar-refractivity contribution in [2.24, 2.45) is 5.92 Å². The number of carboxylic acid groups (broad SMARTS) is 2. The summed E-state index contributed by atoms with van der Waals surface area (Å²) in [6.45, 7) is 22.5. The van der Waals surface area contributed by atoms with Gasteiger partial charge in [0.2, 0.25) is 0 Å². The number of aryl methyl sites for hydroxylation is 3. The van der Waals surface area contributed by atoms with E-state index in [0.717, 1.165) is 29.7 Å². The highest BCUT2D eigenvalue weighted by molar-refractivity contribution is 5.89. The molecular formula is C36H45NO7. The van der Waals surface area contributed by atoms with Crippen molar-refractivity contribution < 1.29 is 34.1 Å². The second kappa shape index (κ2) is 24.6. The Kier molecular flexibility index (Phi) is 23.0. The van der Waals surface area contributed by atoms with Gasteiger partial charge in [-0.2, -0.15) is 5.26 Å². The van der Waals surface area contributed by atoms with E-state index in [4.69, 9.17) is 24.9 Å². The minimum Gasteiger partial charge on any atom is -0.478 e. The number of hydrogen-bond donors (Lipinski definition) is 2. The van der Waals surface area contributed by atoms with Crippen LogP contribution in [0.3, 0.4) is 0 Å². The van der Waals surface area contributed by atoms with Crippen molar-refractivity contribution in [1.29, 1.82) is 5.26 Å². The number of nitriles is 1. The third-order valence-electron chi connectivity index (χ3n) is 5.57. The van der Waals surface area contributed by atoms with Crippen molar-refractivity contribution in [3.63, 3.8) is 0 Å². The number of benzene rings is 3. The van der Waals surface area contributed by atoms with Gasteiger partial charge in [0, 0.05) is 13.5 Å². The molecular weight excluding hydrogens is 558 g/mol. The lowest BCUT2D eigenvalue weighted by atomic mass is 10.1. The van der Waals surface area contributed by atoms with Crippen LogP contribution in [0.5, 0.6) is 0 Å². The lowest BCUT2D eigenvalue weighted by molar-refractivity contribution is 0.0158. The van der Waals surface area contributed by atoms with Crippen LogP contribution >= 0.6 is 0 Å². The van der Waals surface area contributed by atoms with Gasteiger partial charge in [0.05, 0.1) is 28.9 Å². The van der Waals surface area contributed by atoms with Gasteiger partial charge in [0.1, 0.15) is 6.61 Å². The molecule has 0 radical (unpaired) electrons. The fraction of sp³-hybridized carbons (Fsp3) is 0.278. The average molecular weight is 604 g/mol. The Labute approximate surface area is 261 Å². The Morgan fingerprint density at radius 1 is 0.773 bits per heavy atom. The van der Waals surface area contributed by atoms with Gasteiger partial charge in [-0.25, -0.2) is 14.4 Å². The van der Waals surface area contributed by atoms with Gasteiger partial charge in [0.25, 0.3) is 0 Å². The molecule has 44 heavy (non-hydrogen) atoms. The van der Waals surface area contributed by atoms with Crippen molar-refractivity contribution in [1.82, 2.24) is 0 Å². The predicted octanol–water partition coefficient (Wildman–Crippen LogP) is 8.10. The zero-order valence-electron chi connectivity index (χ0n) is 26.4. The lowest BCUT2D eigenvalue weighted by Crippen LogP contribution is -2.18. The summed E-state index contributed by atoms with van der Waals surface area (Å²) in [5.74, 6) is -1.45. The zero-order chi connectivity index (χ0) is 34.1. The molecule has 4 rings (SSSR count). The summed E-state index contributed by atoms with van der Waals surface area (Å²) in [6.07, 6.45) is 1.04. The molecule has 0 spiro atoms. The fourth-order valence-corrected chi connectivity index (χ4v) is 3.34. The highest BCUT2D eigenvalue weighted by atomic mass is 16.6. The van der Waals surface area contributed by atoms with Crippen LogP contribution in [0.2, 0.25) is 0 Å². The first-order chi connectivity index (χ1) is 21.0. The van der Waals surface area contributed by atoms with E-state index >= 15 is 0 Å². The van der Waals surface area contributed by atoms with E-state index in [-0.39, 0.29) is 12.1 Å². The first-order valence-corrected chi connectivity index (χ1v) is 13.7. The first kappa shape index (κ1) is 41.1. The first-order valence-electron chi connectivity index (χ1n) is 13.7. The van der Waals surface area contributed by atoms with Gasteiger partial charge in [0.15, 0.2) is 0 Å². The van der Waals surface area contributed by atoms with Crippen LogP contribution in [-0.4, -0.2) is 47.4 Å². The maximum absolute atomic E-state index is 11.7. The van der Waals surface area contributed by atoms with Gasteiger partial charge >= 0.3 is 17.9 Å². The molecule has 236 valence electrons. The van der Waals surface area contributed by atoms with Crippen molar-refractivity contribution in [3.8, 4) is 6.07 Å². The van der Waals surface area contributed by atoms with Gasteiger partial charge in [-0.05, 0) is 69.5 Å². The van der Waals surface area contributed by atoms with Gasteiger partial charge in [-0.1, -0.05) is 60.0 Å². The summed E-state index contributed by atoms with van der Waals surface area (Å²) in [5.41, 5.74) is 4.56. The number of esters is 1. The van der Waals surface area contributed by atoms with E-state index < -0.39 is 11.9 Å². The van der Waals surface area contributed by atoms with E-state index in [2.05, 4.69) is 33.2 Å². The van der Waals surface area contributed by atoms with Crippen molar-refractivity contribution in [3.05, 3.63) is 132 Å². The summed E-state index contributed by atoms with van der Waals surface area (Å²) in [7, 11) is 0. The highest BCUT2D eigenvalue weighted by Crippen LogP contribution is 2.19. The molecule has 0 amide bonds. The Hall–Kier alpha value is -5.00.